The highest BCUT2D eigenvalue weighted by Gasteiger charge is 2.11. The topological polar surface area (TPSA) is 80.0 Å². The van der Waals surface area contributed by atoms with Crippen LogP contribution >= 0.6 is 11.6 Å². The van der Waals surface area contributed by atoms with Gasteiger partial charge in [-0.2, -0.15) is 0 Å². The van der Waals surface area contributed by atoms with E-state index in [2.05, 4.69) is 20.8 Å². The van der Waals surface area contributed by atoms with E-state index < -0.39 is 0 Å². The van der Waals surface area contributed by atoms with Gasteiger partial charge in [-0.25, -0.2) is 4.98 Å². The fraction of sp³-hybridized carbons (Fsp3) is 0.250. The summed E-state index contributed by atoms with van der Waals surface area (Å²) in [6.45, 7) is 4.38. The fourth-order valence-electron chi connectivity index (χ4n) is 1.47. The second-order valence-electron chi connectivity index (χ2n) is 3.86. The lowest BCUT2D eigenvalue weighted by molar-refractivity contribution is 0.102. The Morgan fingerprint density at radius 3 is 2.84 bits per heavy atom. The highest BCUT2D eigenvalue weighted by molar-refractivity contribution is 6.33. The van der Waals surface area contributed by atoms with Crippen LogP contribution in [0.3, 0.4) is 0 Å². The second kappa shape index (κ2) is 5.71. The van der Waals surface area contributed by atoms with E-state index in [1.54, 1.807) is 19.1 Å². The zero-order chi connectivity index (χ0) is 13.8. The lowest BCUT2D eigenvalue weighted by atomic mass is 10.2. The number of nitrogens with one attached hydrogen (secondary N) is 2. The van der Waals surface area contributed by atoms with Crippen molar-refractivity contribution in [3.05, 3.63) is 34.7 Å². The minimum absolute atomic E-state index is 0.342. The van der Waals surface area contributed by atoms with E-state index >= 15 is 0 Å². The van der Waals surface area contributed by atoms with Crippen LogP contribution in [0.4, 0.5) is 11.6 Å². The lowest BCUT2D eigenvalue weighted by Gasteiger charge is -2.06. The van der Waals surface area contributed by atoms with Gasteiger partial charge in [0, 0.05) is 18.8 Å². The molecule has 2 rings (SSSR count). The number of amides is 1. The monoisotopic (exact) mass is 280 g/mol. The molecule has 0 saturated heterocycles. The first-order chi connectivity index (χ1) is 9.10. The van der Waals surface area contributed by atoms with Crippen LogP contribution in [0.2, 0.25) is 5.02 Å². The molecule has 0 unspecified atom stereocenters. The number of hydrogen-bond donors (Lipinski definition) is 2. The molecule has 0 spiro atoms. The molecule has 0 saturated carbocycles. The Bertz CT molecular complexity index is 597. The minimum Gasteiger partial charge on any atom is -0.369 e. The summed E-state index contributed by atoms with van der Waals surface area (Å²) in [4.78, 5) is 16.0. The minimum atomic E-state index is -0.342. The molecule has 0 aromatic carbocycles. The molecule has 0 fully saturated rings. The van der Waals surface area contributed by atoms with E-state index in [-0.39, 0.29) is 5.91 Å². The molecule has 7 heteroatoms. The van der Waals surface area contributed by atoms with Gasteiger partial charge < -0.3 is 15.2 Å². The van der Waals surface area contributed by atoms with E-state index in [0.717, 1.165) is 0 Å². The van der Waals surface area contributed by atoms with Crippen LogP contribution in [0.25, 0.3) is 0 Å². The number of nitrogens with zero attached hydrogens (tertiary/aromatic N) is 2. The summed E-state index contributed by atoms with van der Waals surface area (Å²) in [6.07, 6.45) is 1.45. The van der Waals surface area contributed by atoms with Gasteiger partial charge in [-0.15, -0.1) is 0 Å². The Morgan fingerprint density at radius 1 is 1.47 bits per heavy atom. The summed E-state index contributed by atoms with van der Waals surface area (Å²) in [5, 5.41) is 9.66. The van der Waals surface area contributed by atoms with Crippen molar-refractivity contribution in [1.82, 2.24) is 10.1 Å². The first kappa shape index (κ1) is 13.4. The molecule has 2 aromatic heterocycles. The molecule has 2 heterocycles. The van der Waals surface area contributed by atoms with E-state index in [0.29, 0.717) is 34.5 Å². The fourth-order valence-corrected chi connectivity index (χ4v) is 1.71. The average molecular weight is 281 g/mol. The second-order valence-corrected chi connectivity index (χ2v) is 4.27. The predicted molar refractivity (Wildman–Crippen MR) is 72.6 cm³/mol. The van der Waals surface area contributed by atoms with Gasteiger partial charge >= 0.3 is 0 Å². The molecule has 6 nitrogen and oxygen atoms in total. The van der Waals surface area contributed by atoms with Gasteiger partial charge in [-0.3, -0.25) is 4.79 Å². The molecule has 19 heavy (non-hydrogen) atoms. The Morgan fingerprint density at radius 2 is 2.26 bits per heavy atom. The molecule has 0 radical (unpaired) electrons. The molecular formula is C12H13ClN4O2. The number of anilines is 2. The first-order valence-electron chi connectivity index (χ1n) is 5.74. The van der Waals surface area contributed by atoms with Crippen molar-refractivity contribution in [3.63, 3.8) is 0 Å². The summed E-state index contributed by atoms with van der Waals surface area (Å²) in [5.74, 6) is 1.19. The molecule has 2 aromatic rings. The maximum absolute atomic E-state index is 11.9. The standard InChI is InChI=1S/C12H13ClN4O2/c1-3-14-11-9(13)5-8(6-15-11)12(18)16-10-4-7(2)19-17-10/h4-6H,3H2,1-2H3,(H,14,15)(H,16,17,18). The third-order valence-electron chi connectivity index (χ3n) is 2.32. The number of aryl methyl sites for hydroxylation is 1. The van der Waals surface area contributed by atoms with Gasteiger partial charge in [-0.1, -0.05) is 16.8 Å². The van der Waals surface area contributed by atoms with Crippen LogP contribution < -0.4 is 10.6 Å². The number of rotatable bonds is 4. The predicted octanol–water partition coefficient (Wildman–Crippen LogP) is 2.72. The largest absolute Gasteiger partial charge is 0.369 e. The number of halogens is 1. The van der Waals surface area contributed by atoms with Crippen molar-refractivity contribution in [2.45, 2.75) is 13.8 Å². The van der Waals surface area contributed by atoms with Gasteiger partial charge in [0.15, 0.2) is 5.82 Å². The molecule has 0 aliphatic rings. The number of hydrogen-bond acceptors (Lipinski definition) is 5. The van der Waals surface area contributed by atoms with Crippen LogP contribution in [-0.4, -0.2) is 22.6 Å². The van der Waals surface area contributed by atoms with Crippen molar-refractivity contribution in [2.24, 2.45) is 0 Å². The van der Waals surface area contributed by atoms with Gasteiger partial charge in [-0.05, 0) is 19.9 Å². The van der Waals surface area contributed by atoms with Crippen LogP contribution in [-0.2, 0) is 0 Å². The highest BCUT2D eigenvalue weighted by Crippen LogP contribution is 2.20. The Balaban J connectivity index is 2.13. The Hall–Kier alpha value is -2.08. The quantitative estimate of drug-likeness (QED) is 0.900. The SMILES string of the molecule is CCNc1ncc(C(=O)Nc2cc(C)on2)cc1Cl. The van der Waals surface area contributed by atoms with Gasteiger partial charge in [0.05, 0.1) is 10.6 Å². The molecule has 0 aliphatic carbocycles. The van der Waals surface area contributed by atoms with Crippen LogP contribution in [0.5, 0.6) is 0 Å². The van der Waals surface area contributed by atoms with Crippen molar-refractivity contribution in [1.29, 1.82) is 0 Å². The summed E-state index contributed by atoms with van der Waals surface area (Å²) >= 11 is 6.02. The molecule has 0 aliphatic heterocycles. The van der Waals surface area contributed by atoms with Crippen molar-refractivity contribution >= 4 is 29.1 Å². The number of pyridine rings is 1. The summed E-state index contributed by atoms with van der Waals surface area (Å²) < 4.78 is 4.86. The average Bonchev–Trinajstić information content (AvgIpc) is 2.77. The van der Waals surface area contributed by atoms with Gasteiger partial charge in [0.2, 0.25) is 0 Å². The Labute approximate surface area is 115 Å². The maximum Gasteiger partial charge on any atom is 0.258 e. The van der Waals surface area contributed by atoms with Crippen LogP contribution in [0, 0.1) is 6.92 Å². The first-order valence-corrected chi connectivity index (χ1v) is 6.12. The maximum atomic E-state index is 11.9. The molecule has 1 amide bonds. The zero-order valence-corrected chi connectivity index (χ0v) is 11.3. The molecule has 0 bridgehead atoms. The summed E-state index contributed by atoms with van der Waals surface area (Å²) in [5.41, 5.74) is 0.354. The molecule has 2 N–H and O–H groups in total. The summed E-state index contributed by atoms with van der Waals surface area (Å²) in [6, 6.07) is 3.18. The van der Waals surface area contributed by atoms with Crippen molar-refractivity contribution in [3.8, 4) is 0 Å². The van der Waals surface area contributed by atoms with E-state index in [1.807, 2.05) is 6.92 Å². The van der Waals surface area contributed by atoms with E-state index in [9.17, 15) is 4.79 Å². The smallest absolute Gasteiger partial charge is 0.258 e. The van der Waals surface area contributed by atoms with Crippen molar-refractivity contribution < 1.29 is 9.32 Å². The normalized spacial score (nSPS) is 10.3. The Kier molecular flexibility index (Phi) is 4.01. The highest BCUT2D eigenvalue weighted by atomic mass is 35.5. The van der Waals surface area contributed by atoms with Gasteiger partial charge in [0.1, 0.15) is 11.6 Å². The van der Waals surface area contributed by atoms with Crippen LogP contribution in [0.15, 0.2) is 22.9 Å². The zero-order valence-electron chi connectivity index (χ0n) is 10.5. The van der Waals surface area contributed by atoms with E-state index in [1.165, 1.54) is 6.20 Å². The van der Waals surface area contributed by atoms with Gasteiger partial charge in [0.25, 0.3) is 5.91 Å². The number of aromatic nitrogens is 2. The van der Waals surface area contributed by atoms with E-state index in [4.69, 9.17) is 16.1 Å². The number of carbonyl (C=O) groups excluding carboxylic acids is 1. The lowest BCUT2D eigenvalue weighted by Crippen LogP contribution is -2.13. The van der Waals surface area contributed by atoms with Crippen LogP contribution in [0.1, 0.15) is 23.0 Å². The molecular weight excluding hydrogens is 268 g/mol. The third kappa shape index (κ3) is 3.23. The summed E-state index contributed by atoms with van der Waals surface area (Å²) in [7, 11) is 0. The number of carbonyl (C=O) groups is 1. The molecule has 100 valence electrons. The van der Waals surface area contributed by atoms with Crippen molar-refractivity contribution in [2.75, 3.05) is 17.2 Å². The molecule has 0 atom stereocenters. The third-order valence-corrected chi connectivity index (χ3v) is 2.61.